The van der Waals surface area contributed by atoms with Gasteiger partial charge in [-0.1, -0.05) is 23.9 Å². The molecule has 0 radical (unpaired) electrons. The first-order valence-electron chi connectivity index (χ1n) is 6.48. The number of aromatic amines is 1. The van der Waals surface area contributed by atoms with Crippen molar-refractivity contribution in [1.82, 2.24) is 20.5 Å². The fourth-order valence-corrected chi connectivity index (χ4v) is 2.35. The summed E-state index contributed by atoms with van der Waals surface area (Å²) in [6.07, 6.45) is -3.37. The Bertz CT molecular complexity index is 632. The number of carbonyl (C=O) groups excluding carboxylic acids is 1. The molecule has 0 aliphatic heterocycles. The Labute approximate surface area is 133 Å². The molecule has 124 valence electrons. The van der Waals surface area contributed by atoms with E-state index in [9.17, 15) is 18.0 Å². The normalized spacial score (nSPS) is 12.7. The fourth-order valence-electron chi connectivity index (χ4n) is 1.61. The second-order valence-electron chi connectivity index (χ2n) is 4.46. The van der Waals surface area contributed by atoms with Crippen molar-refractivity contribution >= 4 is 17.7 Å². The van der Waals surface area contributed by atoms with E-state index in [4.69, 9.17) is 0 Å². The quantitative estimate of drug-likeness (QED) is 0.786. The standard InChI is InChI=1S/C13H13F3N4O2S/c1-8(23-12-18-7-19-20-12)11(21)17-6-9-2-4-10(5-3-9)22-13(14,15)16/h2-5,7-8H,6H2,1H3,(H,17,21)(H,18,19,20)/t8-/m0/s1. The van der Waals surface area contributed by atoms with Gasteiger partial charge >= 0.3 is 6.36 Å². The molecule has 2 aromatic rings. The average molecular weight is 346 g/mol. The van der Waals surface area contributed by atoms with Gasteiger partial charge in [0.1, 0.15) is 12.1 Å². The molecule has 1 amide bonds. The van der Waals surface area contributed by atoms with E-state index in [0.717, 1.165) is 0 Å². The Kier molecular flexibility index (Phi) is 5.48. The van der Waals surface area contributed by atoms with Gasteiger partial charge in [-0.3, -0.25) is 9.89 Å². The van der Waals surface area contributed by atoms with Gasteiger partial charge in [-0.25, -0.2) is 4.98 Å². The summed E-state index contributed by atoms with van der Waals surface area (Å²) >= 11 is 1.22. The second kappa shape index (κ2) is 7.36. The van der Waals surface area contributed by atoms with Crippen LogP contribution in [-0.2, 0) is 11.3 Å². The molecule has 0 saturated heterocycles. The minimum Gasteiger partial charge on any atom is -0.406 e. The maximum Gasteiger partial charge on any atom is 0.573 e. The van der Waals surface area contributed by atoms with E-state index in [1.807, 2.05) is 0 Å². The topological polar surface area (TPSA) is 79.9 Å². The summed E-state index contributed by atoms with van der Waals surface area (Å²) in [5.41, 5.74) is 0.657. The molecular formula is C13H13F3N4O2S. The summed E-state index contributed by atoms with van der Waals surface area (Å²) in [6, 6.07) is 5.30. The number of nitrogens with one attached hydrogen (secondary N) is 2. The lowest BCUT2D eigenvalue weighted by atomic mass is 10.2. The molecule has 0 aliphatic rings. The van der Waals surface area contributed by atoms with E-state index in [0.29, 0.717) is 10.7 Å². The molecule has 23 heavy (non-hydrogen) atoms. The molecule has 2 rings (SSSR count). The van der Waals surface area contributed by atoms with Gasteiger partial charge in [0.15, 0.2) is 5.16 Å². The number of benzene rings is 1. The number of ether oxygens (including phenoxy) is 1. The van der Waals surface area contributed by atoms with Gasteiger partial charge in [-0.05, 0) is 24.6 Å². The Morgan fingerprint density at radius 2 is 2.09 bits per heavy atom. The third kappa shape index (κ3) is 5.81. The van der Waals surface area contributed by atoms with Gasteiger partial charge in [0.05, 0.1) is 5.25 Å². The van der Waals surface area contributed by atoms with E-state index in [-0.39, 0.29) is 18.2 Å². The zero-order valence-corrected chi connectivity index (χ0v) is 12.7. The van der Waals surface area contributed by atoms with Gasteiger partial charge in [0, 0.05) is 6.54 Å². The highest BCUT2D eigenvalue weighted by Gasteiger charge is 2.30. The Morgan fingerprint density at radius 3 is 2.65 bits per heavy atom. The highest BCUT2D eigenvalue weighted by molar-refractivity contribution is 8.00. The van der Waals surface area contributed by atoms with Crippen LogP contribution in [0.2, 0.25) is 0 Å². The number of nitrogens with zero attached hydrogens (tertiary/aromatic N) is 2. The first kappa shape index (κ1) is 17.1. The number of hydrogen-bond donors (Lipinski definition) is 2. The third-order valence-electron chi connectivity index (χ3n) is 2.67. The molecule has 0 saturated carbocycles. The molecule has 1 heterocycles. The van der Waals surface area contributed by atoms with Gasteiger partial charge in [0.2, 0.25) is 5.91 Å². The second-order valence-corrected chi connectivity index (χ2v) is 5.79. The minimum absolute atomic E-state index is 0.201. The van der Waals surface area contributed by atoms with Gasteiger partial charge in [-0.15, -0.1) is 13.2 Å². The van der Waals surface area contributed by atoms with E-state index < -0.39 is 11.6 Å². The zero-order chi connectivity index (χ0) is 16.9. The van der Waals surface area contributed by atoms with Crippen LogP contribution in [0, 0.1) is 0 Å². The van der Waals surface area contributed by atoms with Crippen LogP contribution in [0.1, 0.15) is 12.5 Å². The van der Waals surface area contributed by atoms with Crippen LogP contribution in [0.15, 0.2) is 35.7 Å². The van der Waals surface area contributed by atoms with Crippen molar-refractivity contribution < 1.29 is 22.7 Å². The minimum atomic E-state index is -4.72. The summed E-state index contributed by atoms with van der Waals surface area (Å²) in [7, 11) is 0. The van der Waals surface area contributed by atoms with Crippen LogP contribution in [0.3, 0.4) is 0 Å². The molecule has 1 aromatic heterocycles. The number of aromatic nitrogens is 3. The molecule has 10 heteroatoms. The molecule has 0 fully saturated rings. The predicted octanol–water partition coefficient (Wildman–Crippen LogP) is 2.50. The van der Waals surface area contributed by atoms with E-state index in [1.165, 1.54) is 42.4 Å². The van der Waals surface area contributed by atoms with Gasteiger partial charge in [-0.2, -0.15) is 5.10 Å². The van der Waals surface area contributed by atoms with Crippen LogP contribution in [0.5, 0.6) is 5.75 Å². The van der Waals surface area contributed by atoms with Crippen LogP contribution < -0.4 is 10.1 Å². The number of alkyl halides is 3. The lowest BCUT2D eigenvalue weighted by Gasteiger charge is -2.11. The third-order valence-corrected chi connectivity index (χ3v) is 3.66. The predicted molar refractivity (Wildman–Crippen MR) is 76.7 cm³/mol. The molecular weight excluding hydrogens is 333 g/mol. The van der Waals surface area contributed by atoms with Crippen molar-refractivity contribution in [2.45, 2.75) is 30.2 Å². The maximum absolute atomic E-state index is 12.0. The highest BCUT2D eigenvalue weighted by atomic mass is 32.2. The van der Waals surface area contributed by atoms with Crippen molar-refractivity contribution in [2.24, 2.45) is 0 Å². The molecule has 6 nitrogen and oxygen atoms in total. The lowest BCUT2D eigenvalue weighted by molar-refractivity contribution is -0.274. The van der Waals surface area contributed by atoms with Crippen molar-refractivity contribution in [1.29, 1.82) is 0 Å². The fraction of sp³-hybridized carbons (Fsp3) is 0.308. The molecule has 0 unspecified atom stereocenters. The number of halogens is 3. The SMILES string of the molecule is C[C@H](Sc1ncn[nH]1)C(=O)NCc1ccc(OC(F)(F)F)cc1. The molecule has 0 aliphatic carbocycles. The smallest absolute Gasteiger partial charge is 0.406 e. The van der Waals surface area contributed by atoms with Crippen molar-refractivity contribution in [3.05, 3.63) is 36.2 Å². The average Bonchev–Trinajstić information content (AvgIpc) is 2.97. The Hall–Kier alpha value is -2.23. The van der Waals surface area contributed by atoms with Crippen LogP contribution in [0.4, 0.5) is 13.2 Å². The zero-order valence-electron chi connectivity index (χ0n) is 11.9. The summed E-state index contributed by atoms with van der Waals surface area (Å²) in [5, 5.41) is 9.15. The van der Waals surface area contributed by atoms with E-state index >= 15 is 0 Å². The van der Waals surface area contributed by atoms with Crippen LogP contribution in [-0.4, -0.2) is 32.7 Å². The Balaban J connectivity index is 1.82. The molecule has 1 atom stereocenters. The number of carbonyl (C=O) groups is 1. The van der Waals surface area contributed by atoms with Crippen molar-refractivity contribution in [3.8, 4) is 5.75 Å². The summed E-state index contributed by atoms with van der Waals surface area (Å²) < 4.78 is 39.9. The summed E-state index contributed by atoms with van der Waals surface area (Å²) in [4.78, 5) is 15.8. The lowest BCUT2D eigenvalue weighted by Crippen LogP contribution is -2.30. The first-order chi connectivity index (χ1) is 10.8. The summed E-state index contributed by atoms with van der Waals surface area (Å²) in [6.45, 7) is 1.91. The first-order valence-corrected chi connectivity index (χ1v) is 7.36. The van der Waals surface area contributed by atoms with Gasteiger partial charge in [0.25, 0.3) is 0 Å². The van der Waals surface area contributed by atoms with Crippen molar-refractivity contribution in [3.63, 3.8) is 0 Å². The molecule has 0 spiro atoms. The van der Waals surface area contributed by atoms with E-state index in [1.54, 1.807) is 6.92 Å². The highest BCUT2D eigenvalue weighted by Crippen LogP contribution is 2.23. The van der Waals surface area contributed by atoms with Gasteiger partial charge < -0.3 is 10.1 Å². The van der Waals surface area contributed by atoms with Crippen LogP contribution >= 0.6 is 11.8 Å². The number of rotatable bonds is 6. The van der Waals surface area contributed by atoms with E-state index in [2.05, 4.69) is 25.2 Å². The number of thioether (sulfide) groups is 1. The molecule has 0 bridgehead atoms. The largest absolute Gasteiger partial charge is 0.573 e. The monoisotopic (exact) mass is 346 g/mol. The maximum atomic E-state index is 12.0. The Morgan fingerprint density at radius 1 is 1.39 bits per heavy atom. The van der Waals surface area contributed by atoms with Crippen molar-refractivity contribution in [2.75, 3.05) is 0 Å². The number of H-pyrrole nitrogens is 1. The van der Waals surface area contributed by atoms with Crippen LogP contribution in [0.25, 0.3) is 0 Å². The summed E-state index contributed by atoms with van der Waals surface area (Å²) in [5.74, 6) is -0.524. The number of amides is 1. The molecule has 2 N–H and O–H groups in total. The molecule has 1 aromatic carbocycles. The number of hydrogen-bond acceptors (Lipinski definition) is 5.